The molecule has 0 aliphatic carbocycles. The number of esters is 1. The summed E-state index contributed by atoms with van der Waals surface area (Å²) in [5, 5.41) is 0. The highest BCUT2D eigenvalue weighted by Crippen LogP contribution is 2.38. The lowest BCUT2D eigenvalue weighted by Gasteiger charge is -2.33. The van der Waals surface area contributed by atoms with E-state index in [4.69, 9.17) is 4.74 Å². The summed E-state index contributed by atoms with van der Waals surface area (Å²) < 4.78 is 5.33. The lowest BCUT2D eigenvalue weighted by molar-refractivity contribution is -0.130. The first-order valence-electron chi connectivity index (χ1n) is 7.35. The van der Waals surface area contributed by atoms with Crippen molar-refractivity contribution in [2.24, 2.45) is 16.3 Å². The summed E-state index contributed by atoms with van der Waals surface area (Å²) in [6.07, 6.45) is 2.35. The van der Waals surface area contributed by atoms with Crippen molar-refractivity contribution in [1.29, 1.82) is 0 Å². The number of carbonyl (C=O) groups is 2. The van der Waals surface area contributed by atoms with Crippen LogP contribution in [0.3, 0.4) is 0 Å². The van der Waals surface area contributed by atoms with Gasteiger partial charge in [0.25, 0.3) is 0 Å². The fourth-order valence-electron chi connectivity index (χ4n) is 2.61. The Morgan fingerprint density at radius 2 is 1.82 bits per heavy atom. The number of Topliss-reactive ketones (excluding diaryl/α,β-unsaturated/α-hetero) is 1. The van der Waals surface area contributed by atoms with Crippen LogP contribution in [0.4, 0.5) is 0 Å². The standard InChI is InChI=1S/C18H21NO3/c1-12(20)15-14(18(2,3)4)10-11-19-16(15)17(21)22-13-8-6-5-7-9-13/h5-9,11,14H,10H2,1-4H3. The second kappa shape index (κ2) is 6.26. The van der Waals surface area contributed by atoms with E-state index in [9.17, 15) is 9.59 Å². The maximum Gasteiger partial charge on any atom is 0.362 e. The third-order valence-electron chi connectivity index (χ3n) is 3.74. The number of carbonyl (C=O) groups excluding carboxylic acids is 2. The van der Waals surface area contributed by atoms with Crippen LogP contribution >= 0.6 is 0 Å². The van der Waals surface area contributed by atoms with E-state index in [1.807, 2.05) is 6.07 Å². The number of aliphatic imine (C=N–C) groups is 1. The zero-order valence-electron chi connectivity index (χ0n) is 13.4. The van der Waals surface area contributed by atoms with Gasteiger partial charge in [-0.2, -0.15) is 0 Å². The van der Waals surface area contributed by atoms with Crippen molar-refractivity contribution >= 4 is 18.0 Å². The van der Waals surface area contributed by atoms with Gasteiger partial charge in [-0.25, -0.2) is 4.79 Å². The number of allylic oxidation sites excluding steroid dienone is 1. The smallest absolute Gasteiger partial charge is 0.362 e. The van der Waals surface area contributed by atoms with Gasteiger partial charge in [0.2, 0.25) is 0 Å². The Hall–Kier alpha value is -2.23. The Morgan fingerprint density at radius 1 is 1.18 bits per heavy atom. The van der Waals surface area contributed by atoms with Crippen molar-refractivity contribution in [1.82, 2.24) is 0 Å². The molecule has 1 heterocycles. The summed E-state index contributed by atoms with van der Waals surface area (Å²) in [5.74, 6) is -0.310. The maximum absolute atomic E-state index is 12.4. The number of hydrogen-bond donors (Lipinski definition) is 0. The first-order chi connectivity index (χ1) is 10.3. The monoisotopic (exact) mass is 299 g/mol. The van der Waals surface area contributed by atoms with E-state index in [0.717, 1.165) is 0 Å². The van der Waals surface area contributed by atoms with E-state index in [-0.39, 0.29) is 22.8 Å². The van der Waals surface area contributed by atoms with Crippen LogP contribution in [0.1, 0.15) is 34.1 Å². The quantitative estimate of drug-likeness (QED) is 0.633. The SMILES string of the molecule is CC(=O)C1=C(C(=O)Oc2ccccc2)N=CCC1C(C)(C)C. The summed E-state index contributed by atoms with van der Waals surface area (Å²) >= 11 is 0. The molecule has 116 valence electrons. The van der Waals surface area contributed by atoms with Crippen molar-refractivity contribution in [3.05, 3.63) is 41.6 Å². The highest BCUT2D eigenvalue weighted by molar-refractivity contribution is 6.05. The van der Waals surface area contributed by atoms with Crippen LogP contribution in [0.25, 0.3) is 0 Å². The zero-order valence-corrected chi connectivity index (χ0v) is 13.4. The molecule has 22 heavy (non-hydrogen) atoms. The molecule has 0 spiro atoms. The molecule has 1 aromatic carbocycles. The van der Waals surface area contributed by atoms with Gasteiger partial charge in [0, 0.05) is 11.8 Å². The highest BCUT2D eigenvalue weighted by atomic mass is 16.5. The summed E-state index contributed by atoms with van der Waals surface area (Å²) in [6, 6.07) is 8.79. The third-order valence-corrected chi connectivity index (χ3v) is 3.74. The van der Waals surface area contributed by atoms with Crippen molar-refractivity contribution in [3.63, 3.8) is 0 Å². The molecule has 1 aromatic rings. The molecule has 1 atom stereocenters. The number of ether oxygens (including phenoxy) is 1. The van der Waals surface area contributed by atoms with E-state index < -0.39 is 5.97 Å². The van der Waals surface area contributed by atoms with Gasteiger partial charge in [-0.05, 0) is 36.8 Å². The predicted octanol–water partition coefficient (Wildman–Crippen LogP) is 3.57. The van der Waals surface area contributed by atoms with Gasteiger partial charge in [0.15, 0.2) is 11.5 Å². The minimum Gasteiger partial charge on any atom is -0.422 e. The van der Waals surface area contributed by atoms with E-state index >= 15 is 0 Å². The molecule has 1 aliphatic heterocycles. The van der Waals surface area contributed by atoms with Gasteiger partial charge < -0.3 is 4.74 Å². The molecule has 0 bridgehead atoms. The van der Waals surface area contributed by atoms with Crippen molar-refractivity contribution in [2.75, 3.05) is 0 Å². The number of hydrogen-bond acceptors (Lipinski definition) is 4. The molecule has 0 saturated heterocycles. The normalized spacial score (nSPS) is 18.3. The van der Waals surface area contributed by atoms with Crippen molar-refractivity contribution < 1.29 is 14.3 Å². The number of benzene rings is 1. The Bertz CT molecular complexity index is 636. The maximum atomic E-state index is 12.4. The second-order valence-electron chi connectivity index (χ2n) is 6.49. The number of nitrogens with zero attached hydrogens (tertiary/aromatic N) is 1. The van der Waals surface area contributed by atoms with Gasteiger partial charge in [-0.3, -0.25) is 9.79 Å². The fourth-order valence-corrected chi connectivity index (χ4v) is 2.61. The van der Waals surface area contributed by atoms with Gasteiger partial charge >= 0.3 is 5.97 Å². The Balaban J connectivity index is 2.38. The minimum absolute atomic E-state index is 0.0409. The van der Waals surface area contributed by atoms with Crippen LogP contribution in [0.15, 0.2) is 46.6 Å². The molecule has 1 aliphatic rings. The van der Waals surface area contributed by atoms with Crippen LogP contribution in [0.5, 0.6) is 5.75 Å². The Morgan fingerprint density at radius 3 is 2.36 bits per heavy atom. The molecule has 1 unspecified atom stereocenters. The Labute approximate surface area is 130 Å². The summed E-state index contributed by atoms with van der Waals surface area (Å²) in [5.41, 5.74) is 0.463. The number of ketones is 1. The average molecular weight is 299 g/mol. The van der Waals surface area contributed by atoms with Crippen LogP contribution in [-0.2, 0) is 9.59 Å². The van der Waals surface area contributed by atoms with Gasteiger partial charge in [-0.1, -0.05) is 39.0 Å². The summed E-state index contributed by atoms with van der Waals surface area (Å²) in [4.78, 5) is 28.6. The zero-order chi connectivity index (χ0) is 16.3. The second-order valence-corrected chi connectivity index (χ2v) is 6.49. The topological polar surface area (TPSA) is 55.7 Å². The minimum atomic E-state index is -0.582. The molecular formula is C18H21NO3. The summed E-state index contributed by atoms with van der Waals surface area (Å²) in [7, 11) is 0. The fraction of sp³-hybridized carbons (Fsp3) is 0.389. The highest BCUT2D eigenvalue weighted by Gasteiger charge is 2.36. The van der Waals surface area contributed by atoms with E-state index in [2.05, 4.69) is 25.8 Å². The van der Waals surface area contributed by atoms with E-state index in [0.29, 0.717) is 17.7 Å². The molecular weight excluding hydrogens is 278 g/mol. The number of rotatable bonds is 3. The Kier molecular flexibility index (Phi) is 4.59. The first kappa shape index (κ1) is 16.1. The van der Waals surface area contributed by atoms with Crippen LogP contribution in [0.2, 0.25) is 0 Å². The van der Waals surface area contributed by atoms with Crippen LogP contribution in [-0.4, -0.2) is 18.0 Å². The molecule has 0 fully saturated rings. The van der Waals surface area contributed by atoms with Crippen LogP contribution in [0, 0.1) is 11.3 Å². The van der Waals surface area contributed by atoms with Crippen molar-refractivity contribution in [3.8, 4) is 5.75 Å². The lowest BCUT2D eigenvalue weighted by Crippen LogP contribution is -2.31. The molecule has 0 radical (unpaired) electrons. The van der Waals surface area contributed by atoms with E-state index in [1.54, 1.807) is 30.5 Å². The molecule has 0 aromatic heterocycles. The largest absolute Gasteiger partial charge is 0.422 e. The van der Waals surface area contributed by atoms with Crippen molar-refractivity contribution in [2.45, 2.75) is 34.1 Å². The molecule has 0 amide bonds. The lowest BCUT2D eigenvalue weighted by atomic mass is 9.72. The molecule has 2 rings (SSSR count). The summed E-state index contributed by atoms with van der Waals surface area (Å²) in [6.45, 7) is 7.64. The van der Waals surface area contributed by atoms with Gasteiger partial charge in [-0.15, -0.1) is 0 Å². The number of para-hydroxylation sites is 1. The predicted molar refractivity (Wildman–Crippen MR) is 85.8 cm³/mol. The van der Waals surface area contributed by atoms with Crippen LogP contribution < -0.4 is 4.74 Å². The third kappa shape index (κ3) is 3.50. The molecule has 0 saturated carbocycles. The van der Waals surface area contributed by atoms with Gasteiger partial charge in [0.05, 0.1) is 0 Å². The first-order valence-corrected chi connectivity index (χ1v) is 7.35. The molecule has 4 nitrogen and oxygen atoms in total. The van der Waals surface area contributed by atoms with Gasteiger partial charge in [0.1, 0.15) is 5.75 Å². The molecule has 0 N–H and O–H groups in total. The molecule has 4 heteroatoms. The van der Waals surface area contributed by atoms with E-state index in [1.165, 1.54) is 6.92 Å². The average Bonchev–Trinajstić information content (AvgIpc) is 2.46.